The van der Waals surface area contributed by atoms with E-state index < -0.39 is 41.1 Å². The average molecular weight is 319 g/mol. The number of hydrogen-bond acceptors (Lipinski definition) is 4. The van der Waals surface area contributed by atoms with E-state index in [4.69, 9.17) is 0 Å². The average Bonchev–Trinajstić information content (AvgIpc) is 2.28. The van der Waals surface area contributed by atoms with Crippen molar-refractivity contribution in [3.8, 4) is 5.75 Å². The van der Waals surface area contributed by atoms with Gasteiger partial charge in [-0.05, 0) is 6.92 Å². The first-order valence-electron chi connectivity index (χ1n) is 5.23. The van der Waals surface area contributed by atoms with Gasteiger partial charge >= 0.3 is 18.5 Å². The third-order valence-corrected chi connectivity index (χ3v) is 2.01. The van der Waals surface area contributed by atoms with Crippen LogP contribution in [0.3, 0.4) is 0 Å². The lowest BCUT2D eigenvalue weighted by Crippen LogP contribution is -2.27. The van der Waals surface area contributed by atoms with Gasteiger partial charge in [-0.25, -0.2) is 4.79 Å². The number of pyridine rings is 1. The van der Waals surface area contributed by atoms with Crippen LogP contribution in [0.15, 0.2) is 10.9 Å². The molecule has 0 radical (unpaired) electrons. The molecule has 1 heterocycles. The second-order valence-corrected chi connectivity index (χ2v) is 3.52. The Kier molecular flexibility index (Phi) is 4.54. The number of H-pyrrole nitrogens is 1. The number of esters is 1. The molecule has 1 rings (SSSR count). The Hall–Kier alpha value is -2.20. The number of aromatic amines is 1. The highest BCUT2D eigenvalue weighted by atomic mass is 19.4. The van der Waals surface area contributed by atoms with Gasteiger partial charge in [0.05, 0.1) is 12.2 Å². The van der Waals surface area contributed by atoms with Crippen molar-refractivity contribution >= 4 is 5.97 Å². The second-order valence-electron chi connectivity index (χ2n) is 3.52. The SMILES string of the molecule is CCOC(=O)c1cc(OC(F)(F)F)c(=O)[nH]c1C(F)(F)F. The molecule has 0 aliphatic carbocycles. The molecule has 0 bridgehead atoms. The number of nitrogens with one attached hydrogen (secondary N) is 1. The number of carbonyl (C=O) groups is 1. The molecule has 118 valence electrons. The highest BCUT2D eigenvalue weighted by Crippen LogP contribution is 2.32. The molecule has 11 heteroatoms. The zero-order valence-electron chi connectivity index (χ0n) is 10.2. The van der Waals surface area contributed by atoms with Crippen molar-refractivity contribution in [1.29, 1.82) is 0 Å². The maximum Gasteiger partial charge on any atom is 0.573 e. The molecule has 0 amide bonds. The first-order valence-corrected chi connectivity index (χ1v) is 5.23. The molecule has 0 aromatic carbocycles. The van der Waals surface area contributed by atoms with Crippen LogP contribution < -0.4 is 10.3 Å². The summed E-state index contributed by atoms with van der Waals surface area (Å²) in [7, 11) is 0. The molecule has 1 aromatic heterocycles. The fraction of sp³-hybridized carbons (Fsp3) is 0.400. The van der Waals surface area contributed by atoms with Crippen LogP contribution in [0.2, 0.25) is 0 Å². The van der Waals surface area contributed by atoms with Gasteiger partial charge in [0.2, 0.25) is 0 Å². The van der Waals surface area contributed by atoms with Crippen molar-refractivity contribution in [2.45, 2.75) is 19.5 Å². The number of halogens is 6. The molecular weight excluding hydrogens is 312 g/mol. The van der Waals surface area contributed by atoms with Gasteiger partial charge in [0.1, 0.15) is 5.69 Å². The van der Waals surface area contributed by atoms with Crippen molar-refractivity contribution < 1.29 is 40.6 Å². The Balaban J connectivity index is 3.45. The van der Waals surface area contributed by atoms with Crippen LogP contribution in [0.25, 0.3) is 0 Å². The Morgan fingerprint density at radius 1 is 1.24 bits per heavy atom. The molecule has 21 heavy (non-hydrogen) atoms. The molecule has 0 saturated heterocycles. The number of ether oxygens (including phenoxy) is 2. The van der Waals surface area contributed by atoms with Crippen molar-refractivity contribution in [2.24, 2.45) is 0 Å². The van der Waals surface area contributed by atoms with E-state index in [-0.39, 0.29) is 12.7 Å². The van der Waals surface area contributed by atoms with E-state index in [9.17, 15) is 35.9 Å². The third kappa shape index (κ3) is 4.39. The molecular formula is C10H7F6NO4. The summed E-state index contributed by atoms with van der Waals surface area (Å²) in [6.07, 6.45) is -10.5. The van der Waals surface area contributed by atoms with Gasteiger partial charge in [0.25, 0.3) is 5.56 Å². The topological polar surface area (TPSA) is 68.4 Å². The molecule has 1 aromatic rings. The molecule has 0 fully saturated rings. The summed E-state index contributed by atoms with van der Waals surface area (Å²) in [5.74, 6) is -3.05. The van der Waals surface area contributed by atoms with Crippen molar-refractivity contribution in [2.75, 3.05) is 6.61 Å². The van der Waals surface area contributed by atoms with E-state index in [0.717, 1.165) is 4.98 Å². The predicted molar refractivity (Wildman–Crippen MR) is 54.7 cm³/mol. The quantitative estimate of drug-likeness (QED) is 0.686. The van der Waals surface area contributed by atoms with Gasteiger partial charge in [0, 0.05) is 6.07 Å². The van der Waals surface area contributed by atoms with Crippen LogP contribution in [-0.2, 0) is 10.9 Å². The monoisotopic (exact) mass is 319 g/mol. The first-order chi connectivity index (χ1) is 9.45. The second kappa shape index (κ2) is 5.66. The van der Waals surface area contributed by atoms with Gasteiger partial charge in [-0.15, -0.1) is 13.2 Å². The number of hydrogen-bond donors (Lipinski definition) is 1. The van der Waals surface area contributed by atoms with Gasteiger partial charge in [0.15, 0.2) is 5.75 Å². The largest absolute Gasteiger partial charge is 0.573 e. The lowest BCUT2D eigenvalue weighted by molar-refractivity contribution is -0.275. The minimum atomic E-state index is -5.31. The zero-order valence-corrected chi connectivity index (χ0v) is 10.2. The Morgan fingerprint density at radius 3 is 2.24 bits per heavy atom. The lowest BCUT2D eigenvalue weighted by atomic mass is 10.2. The number of alkyl halides is 6. The van der Waals surface area contributed by atoms with Crippen molar-refractivity contribution in [3.05, 3.63) is 27.7 Å². The Bertz CT molecular complexity index is 589. The molecule has 0 aliphatic rings. The number of aromatic nitrogens is 1. The number of rotatable bonds is 3. The zero-order chi connectivity index (χ0) is 16.4. The van der Waals surface area contributed by atoms with Crippen LogP contribution in [0, 0.1) is 0 Å². The summed E-state index contributed by atoms with van der Waals surface area (Å²) in [6, 6.07) is 0.0349. The van der Waals surface area contributed by atoms with Crippen LogP contribution in [0.4, 0.5) is 26.3 Å². The smallest absolute Gasteiger partial charge is 0.462 e. The molecule has 0 unspecified atom stereocenters. The first kappa shape index (κ1) is 16.9. The van der Waals surface area contributed by atoms with E-state index in [1.807, 2.05) is 0 Å². The molecule has 0 spiro atoms. The van der Waals surface area contributed by atoms with Gasteiger partial charge in [-0.1, -0.05) is 0 Å². The lowest BCUT2D eigenvalue weighted by Gasteiger charge is -2.14. The van der Waals surface area contributed by atoms with Gasteiger partial charge in [-0.2, -0.15) is 13.2 Å². The highest BCUT2D eigenvalue weighted by Gasteiger charge is 2.39. The van der Waals surface area contributed by atoms with Gasteiger partial charge in [-0.3, -0.25) is 4.79 Å². The van der Waals surface area contributed by atoms with Crippen LogP contribution in [0.1, 0.15) is 23.0 Å². The van der Waals surface area contributed by atoms with Crippen molar-refractivity contribution in [1.82, 2.24) is 4.98 Å². The fourth-order valence-corrected chi connectivity index (χ4v) is 1.31. The molecule has 0 saturated carbocycles. The van der Waals surface area contributed by atoms with E-state index in [1.165, 1.54) is 6.92 Å². The van der Waals surface area contributed by atoms with E-state index >= 15 is 0 Å². The highest BCUT2D eigenvalue weighted by molar-refractivity contribution is 5.91. The molecule has 0 atom stereocenters. The Morgan fingerprint density at radius 2 is 1.81 bits per heavy atom. The standard InChI is InChI=1S/C10H7F6NO4/c1-2-20-8(19)4-3-5(21-10(14,15)16)7(18)17-6(4)9(11,12)13/h3H,2H2,1H3,(H,17,18). The molecule has 0 aliphatic heterocycles. The molecule has 5 nitrogen and oxygen atoms in total. The molecule has 1 N–H and O–H groups in total. The van der Waals surface area contributed by atoms with E-state index in [0.29, 0.717) is 0 Å². The summed E-state index contributed by atoms with van der Waals surface area (Å²) in [4.78, 5) is 23.7. The predicted octanol–water partition coefficient (Wildman–Crippen LogP) is 2.47. The maximum atomic E-state index is 12.7. The minimum Gasteiger partial charge on any atom is -0.462 e. The summed E-state index contributed by atoms with van der Waals surface area (Å²) >= 11 is 0. The van der Waals surface area contributed by atoms with Crippen molar-refractivity contribution in [3.63, 3.8) is 0 Å². The van der Waals surface area contributed by atoms with Crippen LogP contribution in [-0.4, -0.2) is 23.9 Å². The summed E-state index contributed by atoms with van der Waals surface area (Å²) in [5, 5.41) is 0. The Labute approximate surface area is 112 Å². The fourth-order valence-electron chi connectivity index (χ4n) is 1.31. The van der Waals surface area contributed by atoms with Crippen LogP contribution in [0.5, 0.6) is 5.75 Å². The summed E-state index contributed by atoms with van der Waals surface area (Å²) < 4.78 is 81.6. The third-order valence-electron chi connectivity index (χ3n) is 2.01. The van der Waals surface area contributed by atoms with Crippen LogP contribution >= 0.6 is 0 Å². The summed E-state index contributed by atoms with van der Waals surface area (Å²) in [5.41, 5.74) is -4.89. The van der Waals surface area contributed by atoms with E-state index in [1.54, 1.807) is 0 Å². The number of carbonyl (C=O) groups excluding carboxylic acids is 1. The minimum absolute atomic E-state index is 0.0349. The summed E-state index contributed by atoms with van der Waals surface area (Å²) in [6.45, 7) is 0.967. The normalized spacial score (nSPS) is 12.1. The maximum absolute atomic E-state index is 12.7. The van der Waals surface area contributed by atoms with Gasteiger partial charge < -0.3 is 14.5 Å². The van der Waals surface area contributed by atoms with E-state index in [2.05, 4.69) is 9.47 Å².